The van der Waals surface area contributed by atoms with Crippen molar-refractivity contribution < 1.29 is 44.7 Å². The van der Waals surface area contributed by atoms with Crippen LogP contribution < -0.4 is 4.90 Å². The van der Waals surface area contributed by atoms with Gasteiger partial charge < -0.3 is 9.80 Å². The molecule has 7 nitrogen and oxygen atoms in total. The van der Waals surface area contributed by atoms with E-state index in [0.29, 0.717) is 23.8 Å². The molecule has 4 heterocycles. The first-order valence-corrected chi connectivity index (χ1v) is 13.6. The van der Waals surface area contributed by atoms with Crippen LogP contribution in [-0.2, 0) is 23.6 Å². The van der Waals surface area contributed by atoms with E-state index in [1.807, 2.05) is 0 Å². The average Bonchev–Trinajstić information content (AvgIpc) is 3.57. The third-order valence-electron chi connectivity index (χ3n) is 7.85. The fraction of sp³-hybridized carbons (Fsp3) is 0.267. The highest BCUT2D eigenvalue weighted by Crippen LogP contribution is 2.45. The number of likely N-dealkylation sites (tertiary alicyclic amines) is 1. The van der Waals surface area contributed by atoms with E-state index in [0.717, 1.165) is 21.7 Å². The molecule has 0 radical (unpaired) electrons. The first-order valence-electron chi connectivity index (χ1n) is 13.6. The summed E-state index contributed by atoms with van der Waals surface area (Å²) in [6.45, 7) is 0.0343. The molecule has 2 aromatic carbocycles. The highest BCUT2D eigenvalue weighted by molar-refractivity contribution is 6.03. The van der Waals surface area contributed by atoms with Gasteiger partial charge in [-0.3, -0.25) is 14.6 Å². The summed E-state index contributed by atoms with van der Waals surface area (Å²) in [7, 11) is 0. The second-order valence-corrected chi connectivity index (χ2v) is 10.6. The highest BCUT2D eigenvalue weighted by Gasteiger charge is 2.45. The van der Waals surface area contributed by atoms with Gasteiger partial charge in [0.2, 0.25) is 5.91 Å². The van der Waals surface area contributed by atoms with Crippen molar-refractivity contribution >= 4 is 17.5 Å². The third kappa shape index (κ3) is 5.51. The zero-order chi connectivity index (χ0) is 32.3. The molecule has 0 unspecified atom stereocenters. The van der Waals surface area contributed by atoms with Crippen molar-refractivity contribution in [2.75, 3.05) is 18.0 Å². The number of nitrogens with zero attached hydrogens (tertiary/aromatic N) is 5. The molecule has 0 aliphatic carbocycles. The maximum atomic E-state index is 14.5. The Morgan fingerprint density at radius 2 is 1.62 bits per heavy atom. The Morgan fingerprint density at radius 3 is 2.24 bits per heavy atom. The second kappa shape index (κ2) is 11.0. The predicted molar refractivity (Wildman–Crippen MR) is 143 cm³/mol. The minimum Gasteiger partial charge on any atom is -0.337 e. The quantitative estimate of drug-likeness (QED) is 0.242. The lowest BCUT2D eigenvalue weighted by Crippen LogP contribution is -2.48. The molecule has 0 atom stereocenters. The van der Waals surface area contributed by atoms with Gasteiger partial charge in [0.15, 0.2) is 5.69 Å². The van der Waals surface area contributed by atoms with Crippen molar-refractivity contribution in [1.82, 2.24) is 19.7 Å². The minimum atomic E-state index is -5.03. The smallest absolute Gasteiger partial charge is 0.337 e. The molecule has 0 spiro atoms. The number of alkyl halides is 6. The Kier molecular flexibility index (Phi) is 7.36. The SMILES string of the molecule is O=C(c1cc(-c2cccnc2)n(-c2ccc(C(F)(F)F)c(F)c2)n1)N1CCC(N2C(=O)Cc3ccc(F)c(C(F)(F)F)c32)CC1. The van der Waals surface area contributed by atoms with Gasteiger partial charge >= 0.3 is 12.4 Å². The first-order chi connectivity index (χ1) is 21.2. The third-order valence-corrected chi connectivity index (χ3v) is 7.85. The molecular weight excluding hydrogens is 614 g/mol. The fourth-order valence-electron chi connectivity index (χ4n) is 5.81. The van der Waals surface area contributed by atoms with Gasteiger partial charge in [0.05, 0.1) is 29.1 Å². The number of hydrogen-bond donors (Lipinski definition) is 0. The van der Waals surface area contributed by atoms with Gasteiger partial charge in [-0.1, -0.05) is 6.07 Å². The summed E-state index contributed by atoms with van der Waals surface area (Å²) in [4.78, 5) is 32.7. The van der Waals surface area contributed by atoms with E-state index < -0.39 is 58.7 Å². The van der Waals surface area contributed by atoms with Crippen LogP contribution in [-0.4, -0.2) is 50.6 Å². The summed E-state index contributed by atoms with van der Waals surface area (Å²) < 4.78 is 111. The lowest BCUT2D eigenvalue weighted by atomic mass is 10.0. The van der Waals surface area contributed by atoms with Crippen LogP contribution in [0.15, 0.2) is 60.9 Å². The largest absolute Gasteiger partial charge is 0.421 e. The molecule has 2 aliphatic rings. The Morgan fingerprint density at radius 1 is 0.889 bits per heavy atom. The lowest BCUT2D eigenvalue weighted by molar-refractivity contribution is -0.140. The maximum absolute atomic E-state index is 14.5. The van der Waals surface area contributed by atoms with E-state index in [9.17, 15) is 44.7 Å². The number of carbonyl (C=O) groups excluding carboxylic acids is 2. The van der Waals surface area contributed by atoms with Crippen molar-refractivity contribution in [2.45, 2.75) is 37.7 Å². The van der Waals surface area contributed by atoms with Crippen LogP contribution in [0, 0.1) is 11.6 Å². The van der Waals surface area contributed by atoms with Crippen molar-refractivity contribution in [3.05, 3.63) is 94.9 Å². The number of fused-ring (bicyclic) bond motifs is 1. The van der Waals surface area contributed by atoms with Crippen LogP contribution in [0.25, 0.3) is 16.9 Å². The van der Waals surface area contributed by atoms with Gasteiger partial charge in [-0.15, -0.1) is 0 Å². The molecule has 0 N–H and O–H groups in total. The van der Waals surface area contributed by atoms with Crippen molar-refractivity contribution in [1.29, 1.82) is 0 Å². The maximum Gasteiger partial charge on any atom is 0.421 e. The summed E-state index contributed by atoms with van der Waals surface area (Å²) in [5.41, 5.74) is -2.94. The topological polar surface area (TPSA) is 71.3 Å². The molecule has 2 amide bonds. The number of piperidine rings is 1. The molecule has 4 aromatic rings. The Labute approximate surface area is 249 Å². The molecular formula is C30H21F8N5O2. The van der Waals surface area contributed by atoms with Crippen molar-refractivity contribution in [3.8, 4) is 16.9 Å². The van der Waals surface area contributed by atoms with Crippen molar-refractivity contribution in [3.63, 3.8) is 0 Å². The summed E-state index contributed by atoms with van der Waals surface area (Å²) in [5.74, 6) is -4.22. The standard InChI is InChI=1S/C30H21F8N5O2/c31-21-6-3-16-12-25(44)42(27(16)26(21)30(36,37)38)18-7-10-41(11-8-18)28(45)23-14-24(17-2-1-9-39-15-17)43(40-23)19-4-5-20(22(32)13-19)29(33,34)35/h1-6,9,13-15,18H,7-8,10-12H2. The zero-order valence-corrected chi connectivity index (χ0v) is 23.0. The van der Waals surface area contributed by atoms with Gasteiger partial charge in [-0.25, -0.2) is 13.5 Å². The summed E-state index contributed by atoms with van der Waals surface area (Å²) in [6.07, 6.45) is -7.18. The van der Waals surface area contributed by atoms with E-state index in [1.165, 1.54) is 23.4 Å². The number of pyridine rings is 1. The number of aromatic nitrogens is 3. The fourth-order valence-corrected chi connectivity index (χ4v) is 5.81. The van der Waals surface area contributed by atoms with E-state index >= 15 is 0 Å². The Bertz CT molecular complexity index is 1790. The number of benzene rings is 2. The molecule has 234 valence electrons. The molecule has 0 saturated carbocycles. The van der Waals surface area contributed by atoms with Gasteiger partial charge in [0, 0.05) is 43.2 Å². The number of anilines is 1. The molecule has 45 heavy (non-hydrogen) atoms. The van der Waals surface area contributed by atoms with Crippen LogP contribution in [0.3, 0.4) is 0 Å². The summed E-state index contributed by atoms with van der Waals surface area (Å²) in [6, 6.07) is 7.93. The van der Waals surface area contributed by atoms with Gasteiger partial charge in [0.25, 0.3) is 5.91 Å². The first kappa shape index (κ1) is 30.2. The van der Waals surface area contributed by atoms with Crippen LogP contribution in [0.1, 0.15) is 40.0 Å². The molecule has 1 fully saturated rings. The van der Waals surface area contributed by atoms with Crippen LogP contribution in [0.4, 0.5) is 40.8 Å². The molecule has 2 aliphatic heterocycles. The number of carbonyl (C=O) groups is 2. The second-order valence-electron chi connectivity index (χ2n) is 10.6. The van der Waals surface area contributed by atoms with Gasteiger partial charge in [-0.05, 0) is 54.8 Å². The zero-order valence-electron chi connectivity index (χ0n) is 23.0. The number of rotatable bonds is 4. The van der Waals surface area contributed by atoms with Crippen LogP contribution in [0.2, 0.25) is 0 Å². The van der Waals surface area contributed by atoms with Gasteiger partial charge in [0.1, 0.15) is 17.2 Å². The minimum absolute atomic E-state index is 0.0171. The molecule has 0 bridgehead atoms. The van der Waals surface area contributed by atoms with Crippen LogP contribution >= 0.6 is 0 Å². The monoisotopic (exact) mass is 635 g/mol. The molecule has 6 rings (SSSR count). The Hall–Kier alpha value is -4.82. The number of hydrogen-bond acceptors (Lipinski definition) is 4. The van der Waals surface area contributed by atoms with Crippen molar-refractivity contribution in [2.24, 2.45) is 0 Å². The lowest BCUT2D eigenvalue weighted by Gasteiger charge is -2.37. The highest BCUT2D eigenvalue weighted by atomic mass is 19.4. The molecule has 2 aromatic heterocycles. The summed E-state index contributed by atoms with van der Waals surface area (Å²) >= 11 is 0. The predicted octanol–water partition coefficient (Wildman–Crippen LogP) is 6.44. The number of amides is 2. The molecule has 1 saturated heterocycles. The van der Waals surface area contributed by atoms with Gasteiger partial charge in [-0.2, -0.15) is 31.4 Å². The van der Waals surface area contributed by atoms with E-state index in [1.54, 1.807) is 12.1 Å². The molecule has 15 heteroatoms. The summed E-state index contributed by atoms with van der Waals surface area (Å²) in [5, 5.41) is 4.27. The van der Waals surface area contributed by atoms with E-state index in [-0.39, 0.29) is 55.0 Å². The average molecular weight is 636 g/mol. The normalized spacial score (nSPS) is 16.0. The number of halogens is 8. The van der Waals surface area contributed by atoms with E-state index in [4.69, 9.17) is 0 Å². The Balaban J connectivity index is 1.27. The van der Waals surface area contributed by atoms with Crippen LogP contribution in [0.5, 0.6) is 0 Å². The van der Waals surface area contributed by atoms with E-state index in [2.05, 4.69) is 10.1 Å².